The molecular formula is C24H33N5O6. The summed E-state index contributed by atoms with van der Waals surface area (Å²) < 4.78 is 12.6. The number of hydrogen-bond donors (Lipinski definition) is 3. The van der Waals surface area contributed by atoms with Crippen molar-refractivity contribution in [2.24, 2.45) is 11.8 Å². The van der Waals surface area contributed by atoms with E-state index in [0.717, 1.165) is 0 Å². The lowest BCUT2D eigenvalue weighted by Crippen LogP contribution is -2.46. The molecule has 0 aliphatic carbocycles. The fourth-order valence-electron chi connectivity index (χ4n) is 4.35. The lowest BCUT2D eigenvalue weighted by atomic mass is 9.96. The van der Waals surface area contributed by atoms with E-state index in [1.807, 2.05) is 33.8 Å². The van der Waals surface area contributed by atoms with Crippen LogP contribution in [-0.4, -0.2) is 61.1 Å². The van der Waals surface area contributed by atoms with E-state index in [1.54, 1.807) is 12.1 Å². The van der Waals surface area contributed by atoms with E-state index >= 15 is 0 Å². The largest absolute Gasteiger partial charge is 0.461 e. The van der Waals surface area contributed by atoms with Gasteiger partial charge in [0, 0.05) is 5.92 Å². The van der Waals surface area contributed by atoms with Gasteiger partial charge < -0.3 is 25.0 Å². The highest BCUT2D eigenvalue weighted by molar-refractivity contribution is 5.95. The third kappa shape index (κ3) is 5.00. The zero-order valence-corrected chi connectivity index (χ0v) is 20.5. The molecule has 3 N–H and O–H groups in total. The van der Waals surface area contributed by atoms with Crippen molar-refractivity contribution >= 4 is 23.2 Å². The van der Waals surface area contributed by atoms with E-state index in [4.69, 9.17) is 9.47 Å². The molecule has 0 aromatic carbocycles. The average Bonchev–Trinajstić information content (AvgIpc) is 3.40. The van der Waals surface area contributed by atoms with Crippen LogP contribution in [0.5, 0.6) is 0 Å². The van der Waals surface area contributed by atoms with Crippen LogP contribution in [0.1, 0.15) is 65.2 Å². The number of amides is 1. The first kappa shape index (κ1) is 26.5. The van der Waals surface area contributed by atoms with E-state index in [1.165, 1.54) is 10.8 Å². The monoisotopic (exact) mass is 487 g/mol. The number of aliphatic hydroxyl groups is 2. The van der Waals surface area contributed by atoms with Crippen LogP contribution in [0.15, 0.2) is 18.5 Å². The minimum Gasteiger partial charge on any atom is -0.461 e. The van der Waals surface area contributed by atoms with Gasteiger partial charge in [-0.2, -0.15) is 10.4 Å². The Morgan fingerprint density at radius 3 is 2.46 bits per heavy atom. The summed E-state index contributed by atoms with van der Waals surface area (Å²) in [5, 5.41) is 38.3. The third-order valence-electron chi connectivity index (χ3n) is 6.76. The molecule has 3 heterocycles. The number of nitriles is 1. The van der Waals surface area contributed by atoms with Gasteiger partial charge in [0.05, 0.1) is 11.6 Å². The van der Waals surface area contributed by atoms with Crippen LogP contribution in [-0.2, 0) is 19.1 Å². The van der Waals surface area contributed by atoms with Gasteiger partial charge in [0.1, 0.15) is 42.8 Å². The predicted molar refractivity (Wildman–Crippen MR) is 125 cm³/mol. The van der Waals surface area contributed by atoms with Gasteiger partial charge in [-0.15, -0.1) is 0 Å². The van der Waals surface area contributed by atoms with Gasteiger partial charge in [-0.05, 0) is 37.8 Å². The van der Waals surface area contributed by atoms with E-state index in [9.17, 15) is 25.1 Å². The summed E-state index contributed by atoms with van der Waals surface area (Å²) in [5.41, 5.74) is -1.15. The molecule has 1 fully saturated rings. The Labute approximate surface area is 204 Å². The molecule has 35 heavy (non-hydrogen) atoms. The molecule has 11 heteroatoms. The van der Waals surface area contributed by atoms with Gasteiger partial charge in [-0.1, -0.05) is 27.7 Å². The first-order valence-electron chi connectivity index (χ1n) is 12.0. The lowest BCUT2D eigenvalue weighted by molar-refractivity contribution is -0.159. The number of carbonyl (C=O) groups excluding carboxylic acids is 2. The number of ether oxygens (including phenoxy) is 2. The predicted octanol–water partition coefficient (Wildman–Crippen LogP) is 2.14. The zero-order valence-electron chi connectivity index (χ0n) is 20.5. The highest BCUT2D eigenvalue weighted by atomic mass is 16.6. The highest BCUT2D eigenvalue weighted by Gasteiger charge is 2.57. The summed E-state index contributed by atoms with van der Waals surface area (Å²) in [5.74, 6) is -0.842. The van der Waals surface area contributed by atoms with Crippen LogP contribution >= 0.6 is 0 Å². The van der Waals surface area contributed by atoms with Crippen LogP contribution in [0.2, 0.25) is 0 Å². The van der Waals surface area contributed by atoms with Crippen molar-refractivity contribution in [3.05, 3.63) is 24.2 Å². The number of aliphatic hydroxyl groups excluding tert-OH is 2. The summed E-state index contributed by atoms with van der Waals surface area (Å²) in [4.78, 5) is 29.1. The van der Waals surface area contributed by atoms with E-state index in [2.05, 4.69) is 15.4 Å². The molecule has 1 amide bonds. The van der Waals surface area contributed by atoms with Gasteiger partial charge in [0.15, 0.2) is 5.82 Å². The molecule has 2 aromatic heterocycles. The molecular weight excluding hydrogens is 454 g/mol. The van der Waals surface area contributed by atoms with Crippen molar-refractivity contribution in [2.75, 3.05) is 11.9 Å². The average molecular weight is 488 g/mol. The highest BCUT2D eigenvalue weighted by Crippen LogP contribution is 2.41. The minimum atomic E-state index is -1.95. The number of aromatic nitrogens is 3. The van der Waals surface area contributed by atoms with Crippen LogP contribution in [0.25, 0.3) is 5.52 Å². The normalized spacial score (nSPS) is 24.1. The maximum absolute atomic E-state index is 12.6. The van der Waals surface area contributed by atoms with Crippen molar-refractivity contribution < 1.29 is 29.3 Å². The Hall–Kier alpha value is -3.07. The number of anilines is 1. The molecule has 2 aromatic rings. The Morgan fingerprint density at radius 1 is 1.20 bits per heavy atom. The van der Waals surface area contributed by atoms with Gasteiger partial charge in [0.2, 0.25) is 11.5 Å². The molecule has 0 unspecified atom stereocenters. The van der Waals surface area contributed by atoms with E-state index in [-0.39, 0.29) is 17.7 Å². The third-order valence-corrected chi connectivity index (χ3v) is 6.76. The fourth-order valence-corrected chi connectivity index (χ4v) is 4.35. The van der Waals surface area contributed by atoms with Crippen LogP contribution in [0, 0.1) is 23.2 Å². The maximum atomic E-state index is 12.6. The quantitative estimate of drug-likeness (QED) is 0.427. The van der Waals surface area contributed by atoms with Crippen molar-refractivity contribution in [3.8, 4) is 6.07 Å². The zero-order chi connectivity index (χ0) is 25.8. The van der Waals surface area contributed by atoms with E-state index < -0.39 is 36.5 Å². The molecule has 3 rings (SSSR count). The topological polar surface area (TPSA) is 159 Å². The Bertz CT molecular complexity index is 1090. The standard InChI is InChI=1S/C24H33N5O6/c1-5-14(6-2)22(32)28-21-17-10-9-16(29(17)27-13-26-21)19-18(30)20(31)24(11-25,35-19)12-34-23(33)15(7-3)8-4/h9-10,13-15,18-20,30-31H,5-8,12H2,1-4H3,(H,26,27,28,32)/t18-,19-,20-,24+/m0/s1. The SMILES string of the molecule is CCC(CC)C(=O)Nc1ncnn2c([C@@H]3O[C@](C#N)(COC(=O)C(CC)CC)[C@@H](O)[C@H]3O)ccc12. The molecule has 1 aliphatic rings. The molecule has 190 valence electrons. The number of fused-ring (bicyclic) bond motifs is 1. The summed E-state index contributed by atoms with van der Waals surface area (Å²) in [6.45, 7) is 7.06. The molecule has 0 saturated carbocycles. The number of nitrogens with one attached hydrogen (secondary N) is 1. The first-order chi connectivity index (χ1) is 16.8. The fraction of sp³-hybridized carbons (Fsp3) is 0.625. The first-order valence-corrected chi connectivity index (χ1v) is 12.0. The molecule has 4 atom stereocenters. The molecule has 1 aliphatic heterocycles. The number of esters is 1. The lowest BCUT2D eigenvalue weighted by Gasteiger charge is -2.25. The Balaban J connectivity index is 1.86. The van der Waals surface area contributed by atoms with Crippen LogP contribution in [0.4, 0.5) is 5.82 Å². The van der Waals surface area contributed by atoms with Crippen molar-refractivity contribution in [3.63, 3.8) is 0 Å². The van der Waals surface area contributed by atoms with E-state index in [0.29, 0.717) is 42.7 Å². The second kappa shape index (κ2) is 11.1. The van der Waals surface area contributed by atoms with Crippen molar-refractivity contribution in [1.29, 1.82) is 5.26 Å². The van der Waals surface area contributed by atoms with Crippen LogP contribution < -0.4 is 5.32 Å². The van der Waals surface area contributed by atoms with Gasteiger partial charge in [-0.3, -0.25) is 9.59 Å². The maximum Gasteiger partial charge on any atom is 0.309 e. The number of hydrogen-bond acceptors (Lipinski definition) is 9. The van der Waals surface area contributed by atoms with Crippen molar-refractivity contribution in [1.82, 2.24) is 14.6 Å². The van der Waals surface area contributed by atoms with Gasteiger partial charge >= 0.3 is 5.97 Å². The summed E-state index contributed by atoms with van der Waals surface area (Å²) in [7, 11) is 0. The molecule has 0 spiro atoms. The molecule has 1 saturated heterocycles. The summed E-state index contributed by atoms with van der Waals surface area (Å²) >= 11 is 0. The van der Waals surface area contributed by atoms with Gasteiger partial charge in [0.25, 0.3) is 0 Å². The van der Waals surface area contributed by atoms with Crippen molar-refractivity contribution in [2.45, 2.75) is 77.3 Å². The number of nitrogens with zero attached hydrogens (tertiary/aromatic N) is 4. The van der Waals surface area contributed by atoms with Gasteiger partial charge in [-0.25, -0.2) is 9.50 Å². The number of carbonyl (C=O) groups is 2. The number of rotatable bonds is 10. The molecule has 0 radical (unpaired) electrons. The molecule has 11 nitrogen and oxygen atoms in total. The second-order valence-corrected chi connectivity index (χ2v) is 8.76. The smallest absolute Gasteiger partial charge is 0.309 e. The second-order valence-electron chi connectivity index (χ2n) is 8.76. The summed E-state index contributed by atoms with van der Waals surface area (Å²) in [6.07, 6.45) is -0.471. The Kier molecular flexibility index (Phi) is 8.43. The minimum absolute atomic E-state index is 0.159. The Morgan fingerprint density at radius 2 is 1.86 bits per heavy atom. The molecule has 0 bridgehead atoms. The van der Waals surface area contributed by atoms with Crippen LogP contribution in [0.3, 0.4) is 0 Å². The summed E-state index contributed by atoms with van der Waals surface area (Å²) in [6, 6.07) is 5.15.